The Morgan fingerprint density at radius 3 is 2.33 bits per heavy atom. The highest BCUT2D eigenvalue weighted by atomic mass is 32.2. The van der Waals surface area contributed by atoms with Crippen LogP contribution in [0.1, 0.15) is 23.2 Å². The molecule has 0 aromatic heterocycles. The zero-order chi connectivity index (χ0) is 15.5. The molecule has 0 spiro atoms. The monoisotopic (exact) mass is 312 g/mol. The summed E-state index contributed by atoms with van der Waals surface area (Å²) in [5.74, 6) is -0.0604. The third-order valence-electron chi connectivity index (χ3n) is 3.81. The first-order chi connectivity index (χ1) is 9.98. The Balaban J connectivity index is 2.14. The lowest BCUT2D eigenvalue weighted by Crippen LogP contribution is -2.39. The van der Waals surface area contributed by atoms with Gasteiger partial charge in [-0.2, -0.15) is 4.31 Å². The molecule has 0 atom stereocenters. The van der Waals surface area contributed by atoms with Gasteiger partial charge in [0.2, 0.25) is 10.0 Å². The van der Waals surface area contributed by atoms with E-state index in [1.165, 1.54) is 35.6 Å². The van der Waals surface area contributed by atoms with E-state index in [0.717, 1.165) is 0 Å². The van der Waals surface area contributed by atoms with Crippen LogP contribution in [-0.2, 0) is 10.0 Å². The summed E-state index contributed by atoms with van der Waals surface area (Å²) < 4.78 is 26.4. The predicted molar refractivity (Wildman–Crippen MR) is 78.4 cm³/mol. The SMILES string of the molecule is CNC(=O)c1ccc(S(=O)(=O)N2CCC(CO)CC2)cc1. The highest BCUT2D eigenvalue weighted by molar-refractivity contribution is 7.89. The lowest BCUT2D eigenvalue weighted by molar-refractivity contribution is 0.0963. The average Bonchev–Trinajstić information content (AvgIpc) is 2.54. The van der Waals surface area contributed by atoms with Gasteiger partial charge in [-0.25, -0.2) is 8.42 Å². The fourth-order valence-electron chi connectivity index (χ4n) is 2.40. The van der Waals surface area contributed by atoms with Crippen molar-refractivity contribution < 1.29 is 18.3 Å². The number of nitrogens with one attached hydrogen (secondary N) is 1. The van der Waals surface area contributed by atoms with E-state index in [4.69, 9.17) is 5.11 Å². The maximum absolute atomic E-state index is 12.5. The zero-order valence-electron chi connectivity index (χ0n) is 11.9. The summed E-state index contributed by atoms with van der Waals surface area (Å²) in [6, 6.07) is 5.93. The molecule has 1 aromatic carbocycles. The van der Waals surface area contributed by atoms with E-state index in [2.05, 4.69) is 5.32 Å². The van der Waals surface area contributed by atoms with E-state index < -0.39 is 10.0 Å². The molecule has 0 aliphatic carbocycles. The Morgan fingerprint density at radius 1 is 1.29 bits per heavy atom. The predicted octanol–water partition coefficient (Wildman–Crippen LogP) is 0.439. The van der Waals surface area contributed by atoms with Crippen molar-refractivity contribution in [3.05, 3.63) is 29.8 Å². The topological polar surface area (TPSA) is 86.7 Å². The molecule has 1 aliphatic heterocycles. The second-order valence-electron chi connectivity index (χ2n) is 5.13. The van der Waals surface area contributed by atoms with Crippen molar-refractivity contribution in [3.63, 3.8) is 0 Å². The van der Waals surface area contributed by atoms with Crippen molar-refractivity contribution in [2.24, 2.45) is 5.92 Å². The van der Waals surface area contributed by atoms with Crippen LogP contribution >= 0.6 is 0 Å². The van der Waals surface area contributed by atoms with Crippen LogP contribution < -0.4 is 5.32 Å². The van der Waals surface area contributed by atoms with Crippen LogP contribution in [0.25, 0.3) is 0 Å². The van der Waals surface area contributed by atoms with E-state index in [1.54, 1.807) is 0 Å². The molecule has 0 bridgehead atoms. The Bertz CT molecular complexity index is 590. The van der Waals surface area contributed by atoms with Gasteiger partial charge >= 0.3 is 0 Å². The molecule has 1 fully saturated rings. The number of amides is 1. The molecule has 7 heteroatoms. The summed E-state index contributed by atoms with van der Waals surface area (Å²) in [5, 5.41) is 11.6. The molecule has 1 aromatic rings. The molecule has 2 N–H and O–H groups in total. The Hall–Kier alpha value is -1.44. The lowest BCUT2D eigenvalue weighted by Gasteiger charge is -2.30. The molecule has 116 valence electrons. The second-order valence-corrected chi connectivity index (χ2v) is 7.07. The third kappa shape index (κ3) is 3.42. The first-order valence-corrected chi connectivity index (χ1v) is 8.36. The summed E-state index contributed by atoms with van der Waals surface area (Å²) in [7, 11) is -2.00. The summed E-state index contributed by atoms with van der Waals surface area (Å²) in [4.78, 5) is 11.6. The van der Waals surface area contributed by atoms with Gasteiger partial charge in [0.15, 0.2) is 0 Å². The number of carbonyl (C=O) groups excluding carboxylic acids is 1. The zero-order valence-corrected chi connectivity index (χ0v) is 12.8. The van der Waals surface area contributed by atoms with Crippen LogP contribution in [0, 0.1) is 5.92 Å². The van der Waals surface area contributed by atoms with Gasteiger partial charge in [0, 0.05) is 32.3 Å². The lowest BCUT2D eigenvalue weighted by atomic mass is 10.00. The van der Waals surface area contributed by atoms with Crippen LogP contribution in [0.4, 0.5) is 0 Å². The number of nitrogens with zero attached hydrogens (tertiary/aromatic N) is 1. The molecule has 1 amide bonds. The van der Waals surface area contributed by atoms with Crippen molar-refractivity contribution in [3.8, 4) is 0 Å². The van der Waals surface area contributed by atoms with Crippen LogP contribution in [0.15, 0.2) is 29.2 Å². The smallest absolute Gasteiger partial charge is 0.251 e. The minimum Gasteiger partial charge on any atom is -0.396 e. The number of carbonyl (C=O) groups is 1. The summed E-state index contributed by atoms with van der Waals surface area (Å²) in [6.45, 7) is 0.949. The van der Waals surface area contributed by atoms with E-state index >= 15 is 0 Å². The van der Waals surface area contributed by atoms with E-state index in [9.17, 15) is 13.2 Å². The molecule has 2 rings (SSSR count). The van der Waals surface area contributed by atoms with Gasteiger partial charge in [0.25, 0.3) is 5.91 Å². The molecule has 0 saturated carbocycles. The fourth-order valence-corrected chi connectivity index (χ4v) is 3.87. The molecule has 1 saturated heterocycles. The first-order valence-electron chi connectivity index (χ1n) is 6.92. The van der Waals surface area contributed by atoms with Crippen molar-refractivity contribution in [2.75, 3.05) is 26.7 Å². The quantitative estimate of drug-likeness (QED) is 0.844. The molecule has 0 unspecified atom stereocenters. The summed E-state index contributed by atoms with van der Waals surface area (Å²) in [5.41, 5.74) is 0.426. The minimum absolute atomic E-state index is 0.106. The average molecular weight is 312 g/mol. The summed E-state index contributed by atoms with van der Waals surface area (Å²) >= 11 is 0. The van der Waals surface area contributed by atoms with Crippen molar-refractivity contribution >= 4 is 15.9 Å². The summed E-state index contributed by atoms with van der Waals surface area (Å²) in [6.07, 6.45) is 1.35. The largest absolute Gasteiger partial charge is 0.396 e. The maximum Gasteiger partial charge on any atom is 0.251 e. The number of aliphatic hydroxyl groups excluding tert-OH is 1. The molecular formula is C14H20N2O4S. The van der Waals surface area contributed by atoms with Gasteiger partial charge in [-0.05, 0) is 43.0 Å². The van der Waals surface area contributed by atoms with Crippen LogP contribution in [0.5, 0.6) is 0 Å². The molecule has 6 nitrogen and oxygen atoms in total. The van der Waals surface area contributed by atoms with Crippen molar-refractivity contribution in [2.45, 2.75) is 17.7 Å². The van der Waals surface area contributed by atoms with Crippen LogP contribution in [-0.4, -0.2) is 50.5 Å². The van der Waals surface area contributed by atoms with Gasteiger partial charge in [-0.15, -0.1) is 0 Å². The van der Waals surface area contributed by atoms with Gasteiger partial charge < -0.3 is 10.4 Å². The van der Waals surface area contributed by atoms with Gasteiger partial charge in [0.05, 0.1) is 4.90 Å². The molecule has 21 heavy (non-hydrogen) atoms. The highest BCUT2D eigenvalue weighted by Gasteiger charge is 2.29. The standard InChI is InChI=1S/C14H20N2O4S/c1-15-14(18)12-2-4-13(5-3-12)21(19,20)16-8-6-11(10-17)7-9-16/h2-5,11,17H,6-10H2,1H3,(H,15,18). The van der Waals surface area contributed by atoms with Gasteiger partial charge in [0.1, 0.15) is 0 Å². The number of sulfonamides is 1. The maximum atomic E-state index is 12.5. The molecular weight excluding hydrogens is 292 g/mol. The number of hydrogen-bond acceptors (Lipinski definition) is 4. The Labute approximate surface area is 124 Å². The van der Waals surface area contributed by atoms with E-state index in [-0.39, 0.29) is 23.3 Å². The van der Waals surface area contributed by atoms with Crippen molar-refractivity contribution in [1.29, 1.82) is 0 Å². The first kappa shape index (κ1) is 15.9. The van der Waals surface area contributed by atoms with Gasteiger partial charge in [-0.1, -0.05) is 0 Å². The fraction of sp³-hybridized carbons (Fsp3) is 0.500. The number of rotatable bonds is 4. The Morgan fingerprint density at radius 2 is 1.86 bits per heavy atom. The van der Waals surface area contributed by atoms with E-state index in [1.807, 2.05) is 0 Å². The second kappa shape index (κ2) is 6.55. The molecule has 0 radical (unpaired) electrons. The third-order valence-corrected chi connectivity index (χ3v) is 5.73. The normalized spacial score (nSPS) is 17.6. The van der Waals surface area contributed by atoms with Gasteiger partial charge in [-0.3, -0.25) is 4.79 Å². The number of hydrogen-bond donors (Lipinski definition) is 2. The number of piperidine rings is 1. The highest BCUT2D eigenvalue weighted by Crippen LogP contribution is 2.23. The minimum atomic E-state index is -3.52. The van der Waals surface area contributed by atoms with E-state index in [0.29, 0.717) is 31.5 Å². The van der Waals surface area contributed by atoms with Crippen LogP contribution in [0.3, 0.4) is 0 Å². The number of benzene rings is 1. The van der Waals surface area contributed by atoms with Crippen molar-refractivity contribution in [1.82, 2.24) is 9.62 Å². The number of aliphatic hydroxyl groups is 1. The molecule has 1 heterocycles. The Kier molecular flexibility index (Phi) is 4.97. The molecule has 1 aliphatic rings. The van der Waals surface area contributed by atoms with Crippen LogP contribution in [0.2, 0.25) is 0 Å².